The van der Waals surface area contributed by atoms with Crippen molar-refractivity contribution in [1.29, 1.82) is 0 Å². The Morgan fingerprint density at radius 3 is 2.78 bits per heavy atom. The highest BCUT2D eigenvalue weighted by Gasteiger charge is 2.17. The van der Waals surface area contributed by atoms with Gasteiger partial charge in [-0.3, -0.25) is 9.59 Å². The van der Waals surface area contributed by atoms with Crippen LogP contribution in [-0.4, -0.2) is 17.1 Å². The zero-order chi connectivity index (χ0) is 17.0. The number of amides is 1. The third-order valence-corrected chi connectivity index (χ3v) is 3.65. The van der Waals surface area contributed by atoms with Crippen LogP contribution in [0.4, 0.5) is 0 Å². The number of carbonyl (C=O) groups is 1. The molecule has 1 unspecified atom stereocenters. The van der Waals surface area contributed by atoms with E-state index in [1.807, 2.05) is 39.0 Å². The molecule has 0 spiro atoms. The Morgan fingerprint density at radius 1 is 1.35 bits per heavy atom. The van der Waals surface area contributed by atoms with Crippen LogP contribution in [-0.2, 0) is 7.05 Å². The lowest BCUT2D eigenvalue weighted by atomic mass is 10.0. The normalized spacial score (nSPS) is 11.8. The first-order valence-electron chi connectivity index (χ1n) is 7.64. The third kappa shape index (κ3) is 3.80. The second kappa shape index (κ2) is 7.13. The van der Waals surface area contributed by atoms with Crippen molar-refractivity contribution < 1.29 is 9.53 Å². The van der Waals surface area contributed by atoms with Gasteiger partial charge >= 0.3 is 0 Å². The molecule has 1 aromatic carbocycles. The summed E-state index contributed by atoms with van der Waals surface area (Å²) in [5.74, 6) is 0.356. The second-order valence-electron chi connectivity index (χ2n) is 5.51. The quantitative estimate of drug-likeness (QED) is 0.923. The Bertz CT molecular complexity index is 765. The first-order chi connectivity index (χ1) is 10.9. The Labute approximate surface area is 135 Å². The van der Waals surface area contributed by atoms with Crippen molar-refractivity contribution in [3.63, 3.8) is 0 Å². The molecule has 2 aromatic rings. The number of pyridine rings is 1. The Morgan fingerprint density at radius 2 is 2.09 bits per heavy atom. The van der Waals surface area contributed by atoms with Crippen LogP contribution in [0.25, 0.3) is 0 Å². The maximum absolute atomic E-state index is 12.4. The summed E-state index contributed by atoms with van der Waals surface area (Å²) in [4.78, 5) is 24.4. The number of aromatic nitrogens is 1. The Kier molecular flexibility index (Phi) is 5.21. The zero-order valence-corrected chi connectivity index (χ0v) is 13.9. The first kappa shape index (κ1) is 16.8. The average Bonchev–Trinajstić information content (AvgIpc) is 2.51. The second-order valence-corrected chi connectivity index (χ2v) is 5.51. The molecule has 1 aromatic heterocycles. The van der Waals surface area contributed by atoms with Crippen molar-refractivity contribution in [1.82, 2.24) is 9.88 Å². The van der Waals surface area contributed by atoms with Crippen LogP contribution in [0.3, 0.4) is 0 Å². The summed E-state index contributed by atoms with van der Waals surface area (Å²) in [5.41, 5.74) is 1.80. The van der Waals surface area contributed by atoms with E-state index in [2.05, 4.69) is 5.32 Å². The van der Waals surface area contributed by atoms with Gasteiger partial charge in [0.05, 0.1) is 12.6 Å². The van der Waals surface area contributed by atoms with Crippen LogP contribution < -0.4 is 15.6 Å². The fraction of sp³-hybridized carbons (Fsp3) is 0.333. The van der Waals surface area contributed by atoms with Gasteiger partial charge in [-0.05, 0) is 39.0 Å². The fourth-order valence-electron chi connectivity index (χ4n) is 2.42. The topological polar surface area (TPSA) is 60.3 Å². The monoisotopic (exact) mass is 314 g/mol. The van der Waals surface area contributed by atoms with Crippen LogP contribution in [0.1, 0.15) is 41.4 Å². The minimum Gasteiger partial charge on any atom is -0.494 e. The predicted molar refractivity (Wildman–Crippen MR) is 89.9 cm³/mol. The van der Waals surface area contributed by atoms with E-state index in [1.54, 1.807) is 19.3 Å². The maximum atomic E-state index is 12.4. The third-order valence-electron chi connectivity index (χ3n) is 3.65. The summed E-state index contributed by atoms with van der Waals surface area (Å²) in [6.07, 6.45) is 1.62. The van der Waals surface area contributed by atoms with Crippen LogP contribution in [0.5, 0.6) is 5.75 Å². The van der Waals surface area contributed by atoms with Crippen molar-refractivity contribution in [2.24, 2.45) is 7.05 Å². The lowest BCUT2D eigenvalue weighted by molar-refractivity contribution is 0.0937. The molecule has 5 heteroatoms. The van der Waals surface area contributed by atoms with Crippen LogP contribution in [0.2, 0.25) is 0 Å². The maximum Gasteiger partial charge on any atom is 0.263 e. The van der Waals surface area contributed by atoms with Crippen LogP contribution in [0.15, 0.2) is 41.3 Å². The number of nitrogens with one attached hydrogen (secondary N) is 1. The van der Waals surface area contributed by atoms with E-state index in [0.717, 1.165) is 16.9 Å². The van der Waals surface area contributed by atoms with Gasteiger partial charge in [0.1, 0.15) is 11.3 Å². The molecule has 1 N–H and O–H groups in total. The van der Waals surface area contributed by atoms with E-state index in [0.29, 0.717) is 6.61 Å². The molecule has 0 saturated heterocycles. The van der Waals surface area contributed by atoms with Gasteiger partial charge in [-0.25, -0.2) is 0 Å². The summed E-state index contributed by atoms with van der Waals surface area (Å²) in [5, 5.41) is 2.87. The largest absolute Gasteiger partial charge is 0.494 e. The molecule has 1 atom stereocenters. The van der Waals surface area contributed by atoms with E-state index in [1.165, 1.54) is 10.6 Å². The summed E-state index contributed by atoms with van der Waals surface area (Å²) < 4.78 is 7.01. The van der Waals surface area contributed by atoms with E-state index in [-0.39, 0.29) is 23.1 Å². The molecule has 0 saturated carbocycles. The molecule has 2 rings (SSSR count). The Hall–Kier alpha value is -2.56. The molecule has 0 radical (unpaired) electrons. The van der Waals surface area contributed by atoms with Gasteiger partial charge in [-0.1, -0.05) is 17.7 Å². The van der Waals surface area contributed by atoms with Gasteiger partial charge < -0.3 is 14.6 Å². The molecule has 1 amide bonds. The van der Waals surface area contributed by atoms with Crippen molar-refractivity contribution >= 4 is 5.91 Å². The summed E-state index contributed by atoms with van der Waals surface area (Å²) in [7, 11) is 1.62. The van der Waals surface area contributed by atoms with Crippen LogP contribution in [0, 0.1) is 6.92 Å². The summed E-state index contributed by atoms with van der Waals surface area (Å²) >= 11 is 0. The van der Waals surface area contributed by atoms with Crippen molar-refractivity contribution in [3.05, 3.63) is 63.6 Å². The SMILES string of the molecule is CCOc1ccc(C)cc1C(C)NC(=O)c1cccn(C)c1=O. The van der Waals surface area contributed by atoms with E-state index >= 15 is 0 Å². The van der Waals surface area contributed by atoms with Gasteiger partial charge in [0.25, 0.3) is 11.5 Å². The predicted octanol–water partition coefficient (Wildman–Crippen LogP) is 2.58. The highest BCUT2D eigenvalue weighted by molar-refractivity contribution is 5.94. The number of hydrogen-bond acceptors (Lipinski definition) is 3. The number of ether oxygens (including phenoxy) is 1. The van der Waals surface area contributed by atoms with E-state index in [4.69, 9.17) is 4.74 Å². The molecule has 122 valence electrons. The Balaban J connectivity index is 2.26. The minimum atomic E-state index is -0.386. The van der Waals surface area contributed by atoms with Gasteiger partial charge in [-0.2, -0.15) is 0 Å². The first-order valence-corrected chi connectivity index (χ1v) is 7.64. The molecular formula is C18H22N2O3. The van der Waals surface area contributed by atoms with Gasteiger partial charge in [0.2, 0.25) is 0 Å². The summed E-state index contributed by atoms with van der Waals surface area (Å²) in [6, 6.07) is 8.80. The number of nitrogens with zero attached hydrogens (tertiary/aromatic N) is 1. The van der Waals surface area contributed by atoms with Gasteiger partial charge in [0.15, 0.2) is 0 Å². The van der Waals surface area contributed by atoms with E-state index < -0.39 is 0 Å². The van der Waals surface area contributed by atoms with Crippen molar-refractivity contribution in [2.45, 2.75) is 26.8 Å². The van der Waals surface area contributed by atoms with Gasteiger partial charge in [-0.15, -0.1) is 0 Å². The van der Waals surface area contributed by atoms with Crippen molar-refractivity contribution in [3.8, 4) is 5.75 Å². The zero-order valence-electron chi connectivity index (χ0n) is 13.9. The molecule has 0 aliphatic rings. The standard InChI is InChI=1S/C18H22N2O3/c1-5-23-16-9-8-12(2)11-15(16)13(3)19-17(21)14-7-6-10-20(4)18(14)22/h6-11,13H,5H2,1-4H3,(H,19,21). The molecule has 0 fully saturated rings. The lowest BCUT2D eigenvalue weighted by Crippen LogP contribution is -2.33. The van der Waals surface area contributed by atoms with Crippen LogP contribution >= 0.6 is 0 Å². The molecule has 0 aliphatic carbocycles. The molecule has 5 nitrogen and oxygen atoms in total. The summed E-state index contributed by atoms with van der Waals surface area (Å²) in [6.45, 7) is 6.33. The molecule has 0 aliphatic heterocycles. The number of hydrogen-bond donors (Lipinski definition) is 1. The lowest BCUT2D eigenvalue weighted by Gasteiger charge is -2.18. The fourth-order valence-corrected chi connectivity index (χ4v) is 2.42. The number of carbonyl (C=O) groups excluding carboxylic acids is 1. The highest BCUT2D eigenvalue weighted by atomic mass is 16.5. The number of aryl methyl sites for hydroxylation is 2. The minimum absolute atomic E-state index is 0.132. The highest BCUT2D eigenvalue weighted by Crippen LogP contribution is 2.26. The molecule has 23 heavy (non-hydrogen) atoms. The van der Waals surface area contributed by atoms with Gasteiger partial charge in [0, 0.05) is 18.8 Å². The number of benzene rings is 1. The van der Waals surface area contributed by atoms with E-state index in [9.17, 15) is 9.59 Å². The smallest absolute Gasteiger partial charge is 0.263 e. The molecule has 1 heterocycles. The molecule has 0 bridgehead atoms. The number of rotatable bonds is 5. The average molecular weight is 314 g/mol. The van der Waals surface area contributed by atoms with Crippen molar-refractivity contribution in [2.75, 3.05) is 6.61 Å². The molecular weight excluding hydrogens is 292 g/mol.